The van der Waals surface area contributed by atoms with Gasteiger partial charge in [-0.25, -0.2) is 28.5 Å². The maximum absolute atomic E-state index is 13.3. The van der Waals surface area contributed by atoms with Gasteiger partial charge in [0, 0.05) is 12.2 Å². The second kappa shape index (κ2) is 14.0. The highest BCUT2D eigenvalue weighted by atomic mass is 19.3. The molecule has 3 heterocycles. The summed E-state index contributed by atoms with van der Waals surface area (Å²) in [6.07, 6.45) is 1.22. The number of carbonyl (C=O) groups excluding carboxylic acids is 1. The van der Waals surface area contributed by atoms with Crippen molar-refractivity contribution in [2.75, 3.05) is 24.7 Å². The summed E-state index contributed by atoms with van der Waals surface area (Å²) in [4.78, 5) is 31.1. The number of amides is 1. The Bertz CT molecular complexity index is 1370. The Morgan fingerprint density at radius 3 is 2.34 bits per heavy atom. The van der Waals surface area contributed by atoms with E-state index in [1.165, 1.54) is 17.3 Å². The Morgan fingerprint density at radius 2 is 1.73 bits per heavy atom. The molecule has 16 heteroatoms. The van der Waals surface area contributed by atoms with E-state index < -0.39 is 30.7 Å². The Morgan fingerprint density at radius 1 is 0.977 bits per heavy atom. The highest BCUT2D eigenvalue weighted by Crippen LogP contribution is 2.32. The first-order chi connectivity index (χ1) is 21.2. The number of carbonyl (C=O) groups is 1. The van der Waals surface area contributed by atoms with Gasteiger partial charge in [-0.3, -0.25) is 4.90 Å². The molecule has 0 unspecified atom stereocenters. The van der Waals surface area contributed by atoms with Crippen LogP contribution < -0.4 is 19.1 Å². The number of hydrogen-bond acceptors (Lipinski definition) is 13. The lowest BCUT2D eigenvalue weighted by molar-refractivity contribution is -0.325. The summed E-state index contributed by atoms with van der Waals surface area (Å²) < 4.78 is 52.1. The molecule has 236 valence electrons. The van der Waals surface area contributed by atoms with Gasteiger partial charge in [-0.05, 0) is 31.2 Å². The maximum Gasteiger partial charge on any atom is 0.416 e. The standard InChI is InChI=1S/C28H31F2N5O9/c29-22(30)16-41-24-12-31-23(11-32-24)35(27(36)42-13-17-4-2-1-3-5-17)18-6-8-19(9-7-18)44-26-33-10-21(28(37,38)39)25(34-26)43-20-14-40-15-20/h1-5,10-12,18-20,22,37-39H,6-9,13-16H2/t18-,19-. The van der Waals surface area contributed by atoms with Gasteiger partial charge in [0.05, 0.1) is 25.6 Å². The topological polar surface area (TPSA) is 179 Å². The third-order valence-electron chi connectivity index (χ3n) is 6.88. The van der Waals surface area contributed by atoms with Gasteiger partial charge in [0.1, 0.15) is 24.4 Å². The van der Waals surface area contributed by atoms with Crippen molar-refractivity contribution in [1.29, 1.82) is 0 Å². The number of anilines is 1. The molecule has 0 atom stereocenters. The highest BCUT2D eigenvalue weighted by molar-refractivity contribution is 5.87. The van der Waals surface area contributed by atoms with Crippen molar-refractivity contribution in [1.82, 2.24) is 19.9 Å². The SMILES string of the molecule is O=C(OCc1ccccc1)N(c1cnc(OCC(F)F)cn1)[C@H]1CC[C@H](Oc2ncc(C(O)(O)O)c(OC3COC3)n2)CC1. The van der Waals surface area contributed by atoms with E-state index in [9.17, 15) is 28.9 Å². The van der Waals surface area contributed by atoms with Crippen molar-refractivity contribution in [3.63, 3.8) is 0 Å². The van der Waals surface area contributed by atoms with Crippen molar-refractivity contribution < 1.29 is 52.6 Å². The lowest BCUT2D eigenvalue weighted by Crippen LogP contribution is -2.44. The Balaban J connectivity index is 1.26. The van der Waals surface area contributed by atoms with Crippen LogP contribution >= 0.6 is 0 Å². The fourth-order valence-corrected chi connectivity index (χ4v) is 4.61. The van der Waals surface area contributed by atoms with E-state index in [1.54, 1.807) is 0 Å². The predicted octanol–water partition coefficient (Wildman–Crippen LogP) is 2.31. The molecule has 0 radical (unpaired) electrons. The second-order valence-electron chi connectivity index (χ2n) is 10.2. The molecule has 2 aromatic heterocycles. The van der Waals surface area contributed by atoms with Gasteiger partial charge < -0.3 is 39.0 Å². The lowest BCUT2D eigenvalue weighted by atomic mass is 9.92. The van der Waals surface area contributed by atoms with E-state index >= 15 is 0 Å². The molecule has 0 bridgehead atoms. The van der Waals surface area contributed by atoms with Crippen LogP contribution in [-0.4, -0.2) is 85.8 Å². The molecular formula is C28H31F2N5O9. The summed E-state index contributed by atoms with van der Waals surface area (Å²) in [5, 5.41) is 29.0. The van der Waals surface area contributed by atoms with Gasteiger partial charge >= 0.3 is 18.1 Å². The minimum Gasteiger partial charge on any atom is -0.470 e. The molecule has 14 nitrogen and oxygen atoms in total. The van der Waals surface area contributed by atoms with Gasteiger partial charge in [-0.15, -0.1) is 0 Å². The number of halogens is 2. The largest absolute Gasteiger partial charge is 0.470 e. The first kappa shape index (κ1) is 31.2. The molecule has 1 aliphatic heterocycles. The minimum absolute atomic E-state index is 0.0270. The van der Waals surface area contributed by atoms with E-state index in [1.807, 2.05) is 30.3 Å². The molecule has 44 heavy (non-hydrogen) atoms. The lowest BCUT2D eigenvalue weighted by Gasteiger charge is -2.35. The van der Waals surface area contributed by atoms with Gasteiger partial charge in [-0.2, -0.15) is 4.98 Å². The van der Waals surface area contributed by atoms with Crippen LogP contribution in [0.15, 0.2) is 48.9 Å². The van der Waals surface area contributed by atoms with E-state index in [4.69, 9.17) is 23.7 Å². The smallest absolute Gasteiger partial charge is 0.416 e. The summed E-state index contributed by atoms with van der Waals surface area (Å²) in [6.45, 7) is -0.256. The van der Waals surface area contributed by atoms with Crippen LogP contribution in [0.3, 0.4) is 0 Å². The number of aliphatic hydroxyl groups is 3. The minimum atomic E-state index is -3.22. The third kappa shape index (κ3) is 8.22. The van der Waals surface area contributed by atoms with E-state index in [-0.39, 0.29) is 61.7 Å². The molecule has 5 rings (SSSR count). The van der Waals surface area contributed by atoms with Gasteiger partial charge in [-0.1, -0.05) is 30.3 Å². The summed E-state index contributed by atoms with van der Waals surface area (Å²) in [5.41, 5.74) is 0.344. The number of nitrogens with zero attached hydrogens (tertiary/aromatic N) is 5. The number of rotatable bonds is 12. The van der Waals surface area contributed by atoms with E-state index in [0.29, 0.717) is 25.7 Å². The first-order valence-corrected chi connectivity index (χ1v) is 13.8. The number of alkyl halides is 2. The van der Waals surface area contributed by atoms with Gasteiger partial charge in [0.2, 0.25) is 11.8 Å². The molecule has 1 saturated carbocycles. The molecular weight excluding hydrogens is 588 g/mol. The maximum atomic E-state index is 13.3. The molecule has 1 aromatic carbocycles. The summed E-state index contributed by atoms with van der Waals surface area (Å²) in [6, 6.07) is 8.69. The predicted molar refractivity (Wildman–Crippen MR) is 145 cm³/mol. The van der Waals surface area contributed by atoms with Crippen LogP contribution in [0.1, 0.15) is 36.8 Å². The molecule has 1 aliphatic carbocycles. The quantitative estimate of drug-likeness (QED) is 0.252. The van der Waals surface area contributed by atoms with Gasteiger partial charge in [0.25, 0.3) is 6.43 Å². The number of hydrogen-bond donors (Lipinski definition) is 3. The molecule has 0 spiro atoms. The van der Waals surface area contributed by atoms with Crippen molar-refractivity contribution >= 4 is 11.9 Å². The van der Waals surface area contributed by atoms with Gasteiger partial charge in [0.15, 0.2) is 12.4 Å². The molecule has 3 N–H and O–H groups in total. The van der Waals surface area contributed by atoms with Crippen molar-refractivity contribution in [3.8, 4) is 17.8 Å². The fraction of sp³-hybridized carbons (Fsp3) is 0.464. The second-order valence-corrected chi connectivity index (χ2v) is 10.2. The fourth-order valence-electron chi connectivity index (χ4n) is 4.61. The normalized spacial score (nSPS) is 18.8. The molecule has 1 amide bonds. The van der Waals surface area contributed by atoms with E-state index in [0.717, 1.165) is 11.8 Å². The Hall–Kier alpha value is -4.25. The van der Waals surface area contributed by atoms with Crippen molar-refractivity contribution in [3.05, 3.63) is 60.0 Å². The summed E-state index contributed by atoms with van der Waals surface area (Å²) in [7, 11) is 0. The average Bonchev–Trinajstić information content (AvgIpc) is 2.98. The van der Waals surface area contributed by atoms with Crippen LogP contribution in [0, 0.1) is 0 Å². The zero-order chi connectivity index (χ0) is 31.1. The number of ether oxygens (including phenoxy) is 5. The van der Waals surface area contributed by atoms with Crippen molar-refractivity contribution in [2.45, 2.75) is 62.9 Å². The summed E-state index contributed by atoms with van der Waals surface area (Å²) >= 11 is 0. The van der Waals surface area contributed by atoms with Crippen molar-refractivity contribution in [2.24, 2.45) is 0 Å². The van der Waals surface area contributed by atoms with Crippen LogP contribution in [-0.2, 0) is 22.1 Å². The zero-order valence-corrected chi connectivity index (χ0v) is 23.4. The van der Waals surface area contributed by atoms with Crippen LogP contribution in [0.2, 0.25) is 0 Å². The number of aromatic nitrogens is 4. The molecule has 2 fully saturated rings. The monoisotopic (exact) mass is 619 g/mol. The van der Waals surface area contributed by atoms with Crippen LogP contribution in [0.4, 0.5) is 19.4 Å². The van der Waals surface area contributed by atoms with Crippen LogP contribution in [0.25, 0.3) is 0 Å². The first-order valence-electron chi connectivity index (χ1n) is 13.8. The molecule has 3 aromatic rings. The summed E-state index contributed by atoms with van der Waals surface area (Å²) in [5.74, 6) is -3.41. The average molecular weight is 620 g/mol. The number of benzene rings is 1. The molecule has 1 saturated heterocycles. The Labute approximate surface area is 250 Å². The van der Waals surface area contributed by atoms with E-state index in [2.05, 4.69) is 19.9 Å². The zero-order valence-electron chi connectivity index (χ0n) is 23.4. The van der Waals surface area contributed by atoms with Crippen LogP contribution in [0.5, 0.6) is 17.8 Å². The highest BCUT2D eigenvalue weighted by Gasteiger charge is 2.35. The Kier molecular flexibility index (Phi) is 9.94. The third-order valence-corrected chi connectivity index (χ3v) is 6.88. The molecule has 2 aliphatic rings.